The molecule has 0 radical (unpaired) electrons. The third-order valence-electron chi connectivity index (χ3n) is 3.34. The lowest BCUT2D eigenvalue weighted by Crippen LogP contribution is -2.28. The summed E-state index contributed by atoms with van der Waals surface area (Å²) in [6.07, 6.45) is 0.544. The molecule has 0 aromatic heterocycles. The first-order valence-electron chi connectivity index (χ1n) is 6.56. The molecule has 1 amide bonds. The van der Waals surface area contributed by atoms with Crippen molar-refractivity contribution in [1.82, 2.24) is 10.2 Å². The van der Waals surface area contributed by atoms with Crippen LogP contribution >= 0.6 is 12.2 Å². The van der Waals surface area contributed by atoms with E-state index < -0.39 is 0 Å². The number of nitrogens with zero attached hydrogens (tertiary/aromatic N) is 1. The monoisotopic (exact) mass is 293 g/mol. The van der Waals surface area contributed by atoms with Gasteiger partial charge in [0.2, 0.25) is 5.91 Å². The van der Waals surface area contributed by atoms with Crippen LogP contribution in [0.5, 0.6) is 5.75 Å². The molecular formula is C14H19N3O2S. The van der Waals surface area contributed by atoms with E-state index in [0.29, 0.717) is 23.7 Å². The molecule has 1 aromatic rings. The van der Waals surface area contributed by atoms with Crippen molar-refractivity contribution >= 4 is 23.1 Å². The van der Waals surface area contributed by atoms with Crippen LogP contribution in [0.4, 0.5) is 0 Å². The summed E-state index contributed by atoms with van der Waals surface area (Å²) in [6, 6.07) is 5.84. The Morgan fingerprint density at radius 3 is 3.00 bits per heavy atom. The van der Waals surface area contributed by atoms with Crippen LogP contribution in [0.2, 0.25) is 0 Å². The SMILES string of the molecule is COc1cc(CN2CCNC(=O)CC2)ccc1C(N)=S. The average molecular weight is 293 g/mol. The number of nitrogens with one attached hydrogen (secondary N) is 1. The van der Waals surface area contributed by atoms with Gasteiger partial charge in [0.1, 0.15) is 10.7 Å². The van der Waals surface area contributed by atoms with E-state index in [1.54, 1.807) is 7.11 Å². The van der Waals surface area contributed by atoms with Gasteiger partial charge in [0, 0.05) is 32.6 Å². The lowest BCUT2D eigenvalue weighted by Gasteiger charge is -2.19. The van der Waals surface area contributed by atoms with Gasteiger partial charge in [-0.15, -0.1) is 0 Å². The highest BCUT2D eigenvalue weighted by Crippen LogP contribution is 2.21. The topological polar surface area (TPSA) is 67.6 Å². The second kappa shape index (κ2) is 6.67. The Balaban J connectivity index is 2.09. The molecule has 0 saturated carbocycles. The summed E-state index contributed by atoms with van der Waals surface area (Å²) in [5, 5.41) is 2.87. The zero-order valence-corrected chi connectivity index (χ0v) is 12.3. The molecule has 0 aliphatic carbocycles. The fourth-order valence-electron chi connectivity index (χ4n) is 2.27. The Morgan fingerprint density at radius 2 is 2.30 bits per heavy atom. The van der Waals surface area contributed by atoms with Crippen molar-refractivity contribution in [3.05, 3.63) is 29.3 Å². The number of carbonyl (C=O) groups is 1. The van der Waals surface area contributed by atoms with Crippen molar-refractivity contribution in [2.24, 2.45) is 5.73 Å². The van der Waals surface area contributed by atoms with Crippen LogP contribution in [-0.2, 0) is 11.3 Å². The van der Waals surface area contributed by atoms with E-state index in [1.165, 1.54) is 0 Å². The quantitative estimate of drug-likeness (QED) is 0.798. The second-order valence-corrected chi connectivity index (χ2v) is 5.21. The van der Waals surface area contributed by atoms with Crippen molar-refractivity contribution in [2.75, 3.05) is 26.7 Å². The first-order valence-corrected chi connectivity index (χ1v) is 6.96. The Labute approximate surface area is 124 Å². The van der Waals surface area contributed by atoms with Crippen LogP contribution in [0.15, 0.2) is 18.2 Å². The summed E-state index contributed by atoms with van der Waals surface area (Å²) in [6.45, 7) is 3.10. The third kappa shape index (κ3) is 3.68. The Hall–Kier alpha value is -1.66. The van der Waals surface area contributed by atoms with Crippen LogP contribution in [-0.4, -0.2) is 42.5 Å². The number of methoxy groups -OCH3 is 1. The van der Waals surface area contributed by atoms with Gasteiger partial charge in [-0.2, -0.15) is 0 Å². The molecular weight excluding hydrogens is 274 g/mol. The predicted octanol–water partition coefficient (Wildman–Crippen LogP) is 0.651. The summed E-state index contributed by atoms with van der Waals surface area (Å²) in [5.74, 6) is 0.813. The number of benzene rings is 1. The molecule has 1 fully saturated rings. The average Bonchev–Trinajstić information content (AvgIpc) is 2.63. The highest BCUT2D eigenvalue weighted by Gasteiger charge is 2.14. The van der Waals surface area contributed by atoms with Crippen LogP contribution in [0.3, 0.4) is 0 Å². The number of ether oxygens (including phenoxy) is 1. The summed E-state index contributed by atoms with van der Waals surface area (Å²) >= 11 is 4.99. The number of carbonyl (C=O) groups excluding carboxylic acids is 1. The van der Waals surface area contributed by atoms with Gasteiger partial charge in [-0.05, 0) is 17.7 Å². The van der Waals surface area contributed by atoms with E-state index in [2.05, 4.69) is 10.2 Å². The van der Waals surface area contributed by atoms with E-state index in [-0.39, 0.29) is 5.91 Å². The fourth-order valence-corrected chi connectivity index (χ4v) is 2.44. The van der Waals surface area contributed by atoms with Gasteiger partial charge in [0.05, 0.1) is 12.7 Å². The van der Waals surface area contributed by atoms with Crippen molar-refractivity contribution in [1.29, 1.82) is 0 Å². The number of hydrogen-bond acceptors (Lipinski definition) is 4. The molecule has 0 spiro atoms. The van der Waals surface area contributed by atoms with Crippen molar-refractivity contribution in [3.63, 3.8) is 0 Å². The molecule has 3 N–H and O–H groups in total. The minimum atomic E-state index is 0.119. The molecule has 6 heteroatoms. The summed E-state index contributed by atoms with van der Waals surface area (Å²) < 4.78 is 5.33. The Bertz CT molecular complexity index is 519. The molecule has 108 valence electrons. The van der Waals surface area contributed by atoms with E-state index in [1.807, 2.05) is 18.2 Å². The molecule has 0 unspecified atom stereocenters. The molecule has 1 aromatic carbocycles. The summed E-state index contributed by atoms with van der Waals surface area (Å²) in [5.41, 5.74) is 7.53. The van der Waals surface area contributed by atoms with Crippen LogP contribution in [0.1, 0.15) is 17.5 Å². The molecule has 1 aliphatic rings. The molecule has 1 saturated heterocycles. The summed E-state index contributed by atoms with van der Waals surface area (Å²) in [7, 11) is 1.61. The first-order chi connectivity index (χ1) is 9.60. The van der Waals surface area contributed by atoms with E-state index >= 15 is 0 Å². The number of amides is 1. The molecule has 2 rings (SSSR count). The zero-order valence-electron chi connectivity index (χ0n) is 11.5. The Kier molecular flexibility index (Phi) is 4.92. The van der Waals surface area contributed by atoms with Crippen molar-refractivity contribution < 1.29 is 9.53 Å². The van der Waals surface area contributed by atoms with Gasteiger partial charge < -0.3 is 15.8 Å². The molecule has 0 atom stereocenters. The van der Waals surface area contributed by atoms with Crippen molar-refractivity contribution in [2.45, 2.75) is 13.0 Å². The predicted molar refractivity (Wildman–Crippen MR) is 81.8 cm³/mol. The van der Waals surface area contributed by atoms with Gasteiger partial charge in [-0.3, -0.25) is 9.69 Å². The minimum absolute atomic E-state index is 0.119. The Morgan fingerprint density at radius 1 is 1.50 bits per heavy atom. The minimum Gasteiger partial charge on any atom is -0.496 e. The highest BCUT2D eigenvalue weighted by atomic mass is 32.1. The van der Waals surface area contributed by atoms with E-state index in [9.17, 15) is 4.79 Å². The van der Waals surface area contributed by atoms with Crippen LogP contribution in [0.25, 0.3) is 0 Å². The number of thiocarbonyl (C=S) groups is 1. The van der Waals surface area contributed by atoms with Gasteiger partial charge in [0.15, 0.2) is 0 Å². The highest BCUT2D eigenvalue weighted by molar-refractivity contribution is 7.80. The lowest BCUT2D eigenvalue weighted by atomic mass is 10.1. The van der Waals surface area contributed by atoms with Gasteiger partial charge in [0.25, 0.3) is 0 Å². The van der Waals surface area contributed by atoms with E-state index in [0.717, 1.165) is 30.8 Å². The van der Waals surface area contributed by atoms with Crippen LogP contribution in [0, 0.1) is 0 Å². The largest absolute Gasteiger partial charge is 0.496 e. The first kappa shape index (κ1) is 14.7. The molecule has 1 aliphatic heterocycles. The lowest BCUT2D eigenvalue weighted by molar-refractivity contribution is -0.120. The second-order valence-electron chi connectivity index (χ2n) is 4.77. The normalized spacial score (nSPS) is 16.4. The van der Waals surface area contributed by atoms with E-state index in [4.69, 9.17) is 22.7 Å². The van der Waals surface area contributed by atoms with Gasteiger partial charge in [-0.25, -0.2) is 0 Å². The van der Waals surface area contributed by atoms with Crippen molar-refractivity contribution in [3.8, 4) is 5.75 Å². The zero-order chi connectivity index (χ0) is 14.5. The maximum Gasteiger partial charge on any atom is 0.221 e. The molecule has 20 heavy (non-hydrogen) atoms. The smallest absolute Gasteiger partial charge is 0.221 e. The molecule has 5 nitrogen and oxygen atoms in total. The maximum atomic E-state index is 11.3. The van der Waals surface area contributed by atoms with Gasteiger partial charge >= 0.3 is 0 Å². The third-order valence-corrected chi connectivity index (χ3v) is 3.56. The molecule has 0 bridgehead atoms. The number of hydrogen-bond donors (Lipinski definition) is 2. The standard InChI is InChI=1S/C14H19N3O2S/c1-19-12-8-10(2-3-11(12)14(15)20)9-17-6-4-13(18)16-5-7-17/h2-3,8H,4-7,9H2,1H3,(H2,15,20)(H,16,18). The number of rotatable bonds is 4. The number of nitrogens with two attached hydrogens (primary N) is 1. The van der Waals surface area contributed by atoms with Gasteiger partial charge in [-0.1, -0.05) is 18.3 Å². The summed E-state index contributed by atoms with van der Waals surface area (Å²) in [4.78, 5) is 13.9. The molecule has 1 heterocycles. The maximum absolute atomic E-state index is 11.3. The van der Waals surface area contributed by atoms with Crippen LogP contribution < -0.4 is 15.8 Å². The fraction of sp³-hybridized carbons (Fsp3) is 0.429.